The zero-order valence-corrected chi connectivity index (χ0v) is 18.5. The van der Waals surface area contributed by atoms with Crippen molar-refractivity contribution in [3.63, 3.8) is 0 Å². The van der Waals surface area contributed by atoms with Gasteiger partial charge in [0.15, 0.2) is 0 Å². The van der Waals surface area contributed by atoms with E-state index in [-0.39, 0.29) is 11.3 Å². The minimum atomic E-state index is -6.96. The minimum absolute atomic E-state index is 0.291. The Bertz CT molecular complexity index is 598. The maximum Gasteiger partial charge on any atom is 0.460 e. The predicted octanol–water partition coefficient (Wildman–Crippen LogP) is 7.66. The van der Waals surface area contributed by atoms with Crippen LogP contribution in [0.3, 0.4) is 0 Å². The maximum atomic E-state index is 13.7. The normalized spacial score (nSPS) is 17.3. The Balaban J connectivity index is 5.53. The summed E-state index contributed by atoms with van der Waals surface area (Å²) < 4.78 is 121. The van der Waals surface area contributed by atoms with Crippen molar-refractivity contribution in [2.75, 3.05) is 6.61 Å². The van der Waals surface area contributed by atoms with Crippen LogP contribution >= 0.6 is 0 Å². The number of rotatable bonds is 12. The van der Waals surface area contributed by atoms with Crippen LogP contribution in [0.15, 0.2) is 0 Å². The molecule has 0 rings (SSSR count). The van der Waals surface area contributed by atoms with E-state index in [1.165, 1.54) is 6.92 Å². The fourth-order valence-electron chi connectivity index (χ4n) is 3.29. The van der Waals surface area contributed by atoms with Gasteiger partial charge in [-0.25, -0.2) is 0 Å². The Labute approximate surface area is 176 Å². The molecule has 0 aromatic heterocycles. The van der Waals surface area contributed by atoms with Crippen LogP contribution in [0, 0.1) is 16.7 Å². The molecule has 2 nitrogen and oxygen atoms in total. The van der Waals surface area contributed by atoms with E-state index in [2.05, 4.69) is 0 Å². The average molecular weight is 474 g/mol. The van der Waals surface area contributed by atoms with Crippen molar-refractivity contribution in [1.29, 1.82) is 0 Å². The number of alkyl halides is 9. The second kappa shape index (κ2) is 9.77. The Morgan fingerprint density at radius 3 is 1.65 bits per heavy atom. The first-order valence-corrected chi connectivity index (χ1v) is 10.1. The van der Waals surface area contributed by atoms with Crippen molar-refractivity contribution in [3.8, 4) is 0 Å². The highest BCUT2D eigenvalue weighted by Gasteiger charge is 2.81. The SMILES string of the molecule is CC[C@H](C)C(C)(CC(C)(CC)CC)C(=O)OCCC(F)(F)C(F)(F)C(F)(F)C(F)(F)F. The summed E-state index contributed by atoms with van der Waals surface area (Å²) in [5.74, 6) is -20.7. The minimum Gasteiger partial charge on any atom is -0.465 e. The number of hydrogen-bond donors (Lipinski definition) is 0. The largest absolute Gasteiger partial charge is 0.465 e. The zero-order valence-electron chi connectivity index (χ0n) is 18.5. The molecule has 0 aliphatic rings. The molecule has 0 spiro atoms. The summed E-state index contributed by atoms with van der Waals surface area (Å²) in [6.45, 7) is 9.31. The molecule has 0 saturated heterocycles. The third-order valence-corrected chi connectivity index (χ3v) is 6.53. The van der Waals surface area contributed by atoms with E-state index >= 15 is 0 Å². The number of esters is 1. The van der Waals surface area contributed by atoms with Gasteiger partial charge in [0.2, 0.25) is 0 Å². The topological polar surface area (TPSA) is 26.3 Å². The van der Waals surface area contributed by atoms with Gasteiger partial charge in [-0.05, 0) is 24.7 Å². The summed E-state index contributed by atoms with van der Waals surface area (Å²) in [6.07, 6.45) is -6.91. The maximum absolute atomic E-state index is 13.7. The Morgan fingerprint density at radius 2 is 1.29 bits per heavy atom. The molecular weight excluding hydrogens is 443 g/mol. The molecule has 0 aliphatic heterocycles. The molecule has 11 heteroatoms. The number of carbonyl (C=O) groups is 1. The van der Waals surface area contributed by atoms with E-state index in [9.17, 15) is 44.3 Å². The molecule has 0 aromatic carbocycles. The van der Waals surface area contributed by atoms with Crippen molar-refractivity contribution in [1.82, 2.24) is 0 Å². The lowest BCUT2D eigenvalue weighted by Crippen LogP contribution is -2.61. The molecule has 0 amide bonds. The molecule has 2 atom stereocenters. The first-order chi connectivity index (χ1) is 13.7. The fraction of sp³-hybridized carbons (Fsp3) is 0.950. The molecule has 0 bridgehead atoms. The van der Waals surface area contributed by atoms with Crippen molar-refractivity contribution in [3.05, 3.63) is 0 Å². The molecule has 0 saturated carbocycles. The van der Waals surface area contributed by atoms with Crippen LogP contribution in [0.25, 0.3) is 0 Å². The Hall–Kier alpha value is -1.16. The lowest BCUT2D eigenvalue weighted by atomic mass is 9.64. The van der Waals surface area contributed by atoms with E-state index in [4.69, 9.17) is 4.74 Å². The van der Waals surface area contributed by atoms with Gasteiger partial charge in [-0.3, -0.25) is 4.79 Å². The molecule has 1 unspecified atom stereocenters. The molecule has 0 heterocycles. The molecule has 0 aliphatic carbocycles. The van der Waals surface area contributed by atoms with Crippen LogP contribution in [0.2, 0.25) is 0 Å². The number of carbonyl (C=O) groups excluding carboxylic acids is 1. The first kappa shape index (κ1) is 29.8. The van der Waals surface area contributed by atoms with Crippen molar-refractivity contribution >= 4 is 5.97 Å². The molecular formula is C20H31F9O2. The molecule has 186 valence electrons. The van der Waals surface area contributed by atoms with Crippen molar-refractivity contribution < 1.29 is 49.0 Å². The third-order valence-electron chi connectivity index (χ3n) is 6.53. The van der Waals surface area contributed by atoms with Gasteiger partial charge < -0.3 is 4.74 Å². The van der Waals surface area contributed by atoms with Gasteiger partial charge in [0.25, 0.3) is 0 Å². The monoisotopic (exact) mass is 474 g/mol. The van der Waals surface area contributed by atoms with Gasteiger partial charge in [-0.2, -0.15) is 39.5 Å². The summed E-state index contributed by atoms with van der Waals surface area (Å²) in [5.41, 5.74) is -1.51. The molecule has 31 heavy (non-hydrogen) atoms. The lowest BCUT2D eigenvalue weighted by molar-refractivity contribution is -0.397. The van der Waals surface area contributed by atoms with Crippen molar-refractivity contribution in [2.24, 2.45) is 16.7 Å². The molecule has 0 radical (unpaired) electrons. The van der Waals surface area contributed by atoms with Gasteiger partial charge in [0, 0.05) is 0 Å². The van der Waals surface area contributed by atoms with Crippen LogP contribution in [0.5, 0.6) is 0 Å². The average Bonchev–Trinajstić information content (AvgIpc) is 2.65. The number of halogens is 9. The Kier molecular flexibility index (Phi) is 9.40. The first-order valence-electron chi connectivity index (χ1n) is 10.1. The highest BCUT2D eigenvalue weighted by atomic mass is 19.4. The highest BCUT2D eigenvalue weighted by Crippen LogP contribution is 2.54. The van der Waals surface area contributed by atoms with E-state index < -0.39 is 48.4 Å². The van der Waals surface area contributed by atoms with E-state index in [0.717, 1.165) is 0 Å². The second-order valence-electron chi connectivity index (χ2n) is 8.66. The van der Waals surface area contributed by atoms with E-state index in [1.54, 1.807) is 13.8 Å². The summed E-state index contributed by atoms with van der Waals surface area (Å²) in [7, 11) is 0. The third kappa shape index (κ3) is 6.00. The quantitative estimate of drug-likeness (QED) is 0.214. The van der Waals surface area contributed by atoms with Crippen LogP contribution in [0.4, 0.5) is 39.5 Å². The molecule has 0 aromatic rings. The smallest absolute Gasteiger partial charge is 0.460 e. The van der Waals surface area contributed by atoms with Gasteiger partial charge in [-0.15, -0.1) is 0 Å². The van der Waals surface area contributed by atoms with Gasteiger partial charge in [0.05, 0.1) is 18.4 Å². The van der Waals surface area contributed by atoms with Crippen LogP contribution < -0.4 is 0 Å². The summed E-state index contributed by atoms with van der Waals surface area (Å²) in [6, 6.07) is 0. The summed E-state index contributed by atoms with van der Waals surface area (Å²) in [5, 5.41) is 0. The fourth-order valence-corrected chi connectivity index (χ4v) is 3.29. The van der Waals surface area contributed by atoms with E-state index in [1.807, 2.05) is 20.8 Å². The van der Waals surface area contributed by atoms with Gasteiger partial charge >= 0.3 is 29.9 Å². The van der Waals surface area contributed by atoms with Gasteiger partial charge in [-0.1, -0.05) is 53.9 Å². The highest BCUT2D eigenvalue weighted by molar-refractivity contribution is 5.76. The summed E-state index contributed by atoms with van der Waals surface area (Å²) >= 11 is 0. The second-order valence-corrected chi connectivity index (χ2v) is 8.66. The summed E-state index contributed by atoms with van der Waals surface area (Å²) in [4.78, 5) is 12.7. The van der Waals surface area contributed by atoms with Crippen LogP contribution in [-0.2, 0) is 9.53 Å². The van der Waals surface area contributed by atoms with Gasteiger partial charge in [0.1, 0.15) is 0 Å². The molecule has 0 fully saturated rings. The Morgan fingerprint density at radius 1 is 0.839 bits per heavy atom. The van der Waals surface area contributed by atoms with Crippen LogP contribution in [0.1, 0.15) is 73.6 Å². The number of ether oxygens (including phenoxy) is 1. The predicted molar refractivity (Wildman–Crippen MR) is 97.3 cm³/mol. The standard InChI is InChI=1S/C20H31F9O2/c1-7-13(4)16(6,12-15(5,8-2)9-3)14(30)31-11-10-17(21,22)18(23,24)19(25,26)20(27,28)29/h13H,7-12H2,1-6H3/t13-,16?/m0/s1. The van der Waals surface area contributed by atoms with Crippen molar-refractivity contribution in [2.45, 2.75) is 97.6 Å². The lowest BCUT2D eigenvalue weighted by Gasteiger charge is -2.40. The molecule has 0 N–H and O–H groups in total. The van der Waals surface area contributed by atoms with E-state index in [0.29, 0.717) is 25.7 Å². The number of hydrogen-bond acceptors (Lipinski definition) is 2. The zero-order chi connectivity index (χ0) is 25.1. The van der Waals surface area contributed by atoms with Crippen LogP contribution in [-0.4, -0.2) is 36.5 Å².